The molecule has 0 aliphatic carbocycles. The Kier molecular flexibility index (Phi) is 1.55. The van der Waals surface area contributed by atoms with E-state index in [1.165, 1.54) is 6.33 Å². The number of nitrogens with one attached hydrogen (secondary N) is 2. The third kappa shape index (κ3) is 0.945. The van der Waals surface area contributed by atoms with Gasteiger partial charge in [0.25, 0.3) is 0 Å². The van der Waals surface area contributed by atoms with E-state index >= 15 is 0 Å². The van der Waals surface area contributed by atoms with Gasteiger partial charge in [-0.05, 0) is 0 Å². The molecule has 0 aromatic carbocycles. The Morgan fingerprint density at radius 1 is 1.89 bits per heavy atom. The second-order valence-corrected chi connectivity index (χ2v) is 1.52. The summed E-state index contributed by atoms with van der Waals surface area (Å²) < 4.78 is 0. The molecule has 0 radical (unpaired) electrons. The molecule has 0 amide bonds. The highest BCUT2D eigenvalue weighted by molar-refractivity contribution is 5.31. The molecule has 1 aromatic heterocycles. The van der Waals surface area contributed by atoms with Crippen molar-refractivity contribution < 1.29 is 0 Å². The van der Waals surface area contributed by atoms with E-state index in [1.54, 1.807) is 0 Å². The number of aromatic nitrogens is 2. The van der Waals surface area contributed by atoms with E-state index in [0.29, 0.717) is 18.1 Å². The summed E-state index contributed by atoms with van der Waals surface area (Å²) in [7, 11) is 0. The predicted molar refractivity (Wildman–Crippen MR) is 31.3 cm³/mol. The Hall–Kier alpha value is -1.23. The highest BCUT2D eigenvalue weighted by Crippen LogP contribution is 2.10. The molecule has 48 valence electrons. The minimum absolute atomic E-state index is 0.345. The number of hydrogen-bond donors (Lipinski definition) is 3. The molecule has 4 N–H and O–H groups in total. The molecular weight excluding hydrogens is 118 g/mol. The first-order chi connectivity index (χ1) is 4.38. The van der Waals surface area contributed by atoms with Crippen LogP contribution >= 0.6 is 0 Å². The summed E-state index contributed by atoms with van der Waals surface area (Å²) in [6.45, 7) is 0.345. The van der Waals surface area contributed by atoms with Gasteiger partial charge < -0.3 is 10.7 Å². The van der Waals surface area contributed by atoms with Crippen LogP contribution in [-0.2, 0) is 6.54 Å². The SMILES string of the molecule is N=Nc1nc[nH]c1CN. The van der Waals surface area contributed by atoms with Crippen LogP contribution in [0.15, 0.2) is 11.4 Å². The van der Waals surface area contributed by atoms with Crippen LogP contribution in [0, 0.1) is 5.53 Å². The molecular formula is C4H7N5. The zero-order valence-corrected chi connectivity index (χ0v) is 4.76. The van der Waals surface area contributed by atoms with E-state index in [0.717, 1.165) is 0 Å². The average Bonchev–Trinajstić information content (AvgIpc) is 2.33. The van der Waals surface area contributed by atoms with Crippen molar-refractivity contribution in [3.63, 3.8) is 0 Å². The van der Waals surface area contributed by atoms with Crippen LogP contribution < -0.4 is 5.73 Å². The molecule has 0 aliphatic rings. The van der Waals surface area contributed by atoms with Gasteiger partial charge >= 0.3 is 0 Å². The second-order valence-electron chi connectivity index (χ2n) is 1.52. The van der Waals surface area contributed by atoms with Gasteiger partial charge in [-0.3, -0.25) is 0 Å². The van der Waals surface area contributed by atoms with Crippen LogP contribution in [0.3, 0.4) is 0 Å². The normalized spacial score (nSPS) is 9.44. The monoisotopic (exact) mass is 125 g/mol. The number of nitrogens with two attached hydrogens (primary N) is 1. The summed E-state index contributed by atoms with van der Waals surface area (Å²) in [6, 6.07) is 0. The third-order valence-electron chi connectivity index (χ3n) is 1.01. The molecule has 0 aliphatic heterocycles. The Morgan fingerprint density at radius 2 is 2.67 bits per heavy atom. The van der Waals surface area contributed by atoms with Gasteiger partial charge in [0, 0.05) is 6.54 Å². The van der Waals surface area contributed by atoms with E-state index in [-0.39, 0.29) is 0 Å². The molecule has 0 saturated carbocycles. The van der Waals surface area contributed by atoms with Gasteiger partial charge in [-0.2, -0.15) is 0 Å². The summed E-state index contributed by atoms with van der Waals surface area (Å²) in [6.07, 6.45) is 1.47. The summed E-state index contributed by atoms with van der Waals surface area (Å²) in [5.74, 6) is 0.373. The van der Waals surface area contributed by atoms with Gasteiger partial charge in [0.1, 0.15) is 0 Å². The van der Waals surface area contributed by atoms with Crippen molar-refractivity contribution in [3.8, 4) is 0 Å². The lowest BCUT2D eigenvalue weighted by Crippen LogP contribution is -1.95. The molecule has 1 heterocycles. The van der Waals surface area contributed by atoms with Crippen molar-refractivity contribution in [1.82, 2.24) is 9.97 Å². The lowest BCUT2D eigenvalue weighted by molar-refractivity contribution is 0.990. The zero-order chi connectivity index (χ0) is 6.69. The maximum Gasteiger partial charge on any atom is 0.195 e. The number of rotatable bonds is 2. The highest BCUT2D eigenvalue weighted by atomic mass is 15.1. The standard InChI is InChI=1S/C4H7N5/c5-1-3-4(9-6)8-2-7-3/h2,6H,1,5H2,(H,7,8). The molecule has 0 spiro atoms. The Balaban J connectivity index is 2.98. The summed E-state index contributed by atoms with van der Waals surface area (Å²) >= 11 is 0. The molecule has 0 atom stereocenters. The first-order valence-electron chi connectivity index (χ1n) is 2.48. The summed E-state index contributed by atoms with van der Waals surface area (Å²) in [5, 5.41) is 3.13. The van der Waals surface area contributed by atoms with Crippen molar-refractivity contribution in [1.29, 1.82) is 5.53 Å². The maximum absolute atomic E-state index is 6.59. The van der Waals surface area contributed by atoms with E-state index < -0.39 is 0 Å². The number of imidazole rings is 1. The van der Waals surface area contributed by atoms with Crippen molar-refractivity contribution in [2.75, 3.05) is 0 Å². The van der Waals surface area contributed by atoms with Crippen molar-refractivity contribution in [3.05, 3.63) is 12.0 Å². The quantitative estimate of drug-likeness (QED) is 0.503. The minimum Gasteiger partial charge on any atom is -0.345 e. The topological polar surface area (TPSA) is 90.9 Å². The van der Waals surface area contributed by atoms with E-state index in [2.05, 4.69) is 15.1 Å². The van der Waals surface area contributed by atoms with E-state index in [9.17, 15) is 0 Å². The largest absolute Gasteiger partial charge is 0.345 e. The summed E-state index contributed by atoms with van der Waals surface area (Å²) in [5.41, 5.74) is 12.5. The van der Waals surface area contributed by atoms with E-state index in [4.69, 9.17) is 11.3 Å². The lowest BCUT2D eigenvalue weighted by Gasteiger charge is -1.86. The van der Waals surface area contributed by atoms with Crippen molar-refractivity contribution in [2.24, 2.45) is 10.8 Å². The maximum atomic E-state index is 6.59. The fourth-order valence-electron chi connectivity index (χ4n) is 0.560. The molecule has 0 bridgehead atoms. The van der Waals surface area contributed by atoms with Crippen LogP contribution in [0.4, 0.5) is 5.82 Å². The molecule has 0 fully saturated rings. The summed E-state index contributed by atoms with van der Waals surface area (Å²) in [4.78, 5) is 6.47. The number of H-pyrrole nitrogens is 1. The molecule has 0 saturated heterocycles. The third-order valence-corrected chi connectivity index (χ3v) is 1.01. The lowest BCUT2D eigenvalue weighted by atomic mass is 10.4. The van der Waals surface area contributed by atoms with Gasteiger partial charge in [-0.1, -0.05) is 0 Å². The van der Waals surface area contributed by atoms with Gasteiger partial charge in [0.15, 0.2) is 5.82 Å². The second kappa shape index (κ2) is 2.36. The van der Waals surface area contributed by atoms with Crippen LogP contribution in [-0.4, -0.2) is 9.97 Å². The Morgan fingerprint density at radius 3 is 3.11 bits per heavy atom. The first kappa shape index (κ1) is 5.90. The number of nitrogens with zero attached hydrogens (tertiary/aromatic N) is 2. The average molecular weight is 125 g/mol. The molecule has 9 heavy (non-hydrogen) atoms. The number of aromatic amines is 1. The van der Waals surface area contributed by atoms with Crippen LogP contribution in [0.2, 0.25) is 0 Å². The Labute approximate surface area is 51.8 Å². The van der Waals surface area contributed by atoms with Crippen LogP contribution in [0.1, 0.15) is 5.69 Å². The highest BCUT2D eigenvalue weighted by Gasteiger charge is 1.98. The fraction of sp³-hybridized carbons (Fsp3) is 0.250. The van der Waals surface area contributed by atoms with Gasteiger partial charge in [-0.25, -0.2) is 10.5 Å². The smallest absolute Gasteiger partial charge is 0.195 e. The molecule has 0 unspecified atom stereocenters. The molecule has 5 heteroatoms. The van der Waals surface area contributed by atoms with Gasteiger partial charge in [-0.15, -0.1) is 5.11 Å². The zero-order valence-electron chi connectivity index (χ0n) is 4.76. The van der Waals surface area contributed by atoms with Gasteiger partial charge in [0.2, 0.25) is 0 Å². The molecule has 1 aromatic rings. The first-order valence-corrected chi connectivity index (χ1v) is 2.48. The van der Waals surface area contributed by atoms with Gasteiger partial charge in [0.05, 0.1) is 12.0 Å². The van der Waals surface area contributed by atoms with E-state index in [1.807, 2.05) is 0 Å². The van der Waals surface area contributed by atoms with Crippen LogP contribution in [0.5, 0.6) is 0 Å². The fourth-order valence-corrected chi connectivity index (χ4v) is 0.560. The minimum atomic E-state index is 0.345. The predicted octanol–water partition coefficient (Wildman–Crippen LogP) is 0.531. The molecule has 5 nitrogen and oxygen atoms in total. The Bertz CT molecular complexity index is 202. The van der Waals surface area contributed by atoms with Crippen molar-refractivity contribution >= 4 is 5.82 Å². The number of hydrogen-bond acceptors (Lipinski definition) is 4. The van der Waals surface area contributed by atoms with Crippen LogP contribution in [0.25, 0.3) is 0 Å². The molecule has 1 rings (SSSR count). The van der Waals surface area contributed by atoms with Crippen molar-refractivity contribution in [2.45, 2.75) is 6.54 Å².